The van der Waals surface area contributed by atoms with E-state index in [2.05, 4.69) is 35.6 Å². The Morgan fingerprint density at radius 1 is 1.50 bits per heavy atom. The molecule has 1 rings (SSSR count). The lowest BCUT2D eigenvalue weighted by atomic mass is 10.2. The first-order chi connectivity index (χ1) is 9.58. The standard InChI is InChI=1S/C15H19ClN2O2/c1-4-18(5-2)10-6-7-12(3)20-15(19)13-8-9-17-11-14(13)16/h8-9,11-12H,4-5,10H2,1-3H3/t12-/m1/s1. The van der Waals surface area contributed by atoms with E-state index < -0.39 is 12.1 Å². The van der Waals surface area contributed by atoms with Gasteiger partial charge in [0, 0.05) is 12.4 Å². The maximum Gasteiger partial charge on any atom is 0.340 e. The molecule has 1 aromatic rings. The second kappa shape index (κ2) is 8.57. The third-order valence-corrected chi connectivity index (χ3v) is 3.08. The Balaban J connectivity index is 2.55. The first kappa shape index (κ1) is 16.5. The van der Waals surface area contributed by atoms with Gasteiger partial charge in [-0.3, -0.25) is 9.88 Å². The van der Waals surface area contributed by atoms with E-state index in [1.165, 1.54) is 18.5 Å². The number of carbonyl (C=O) groups excluding carboxylic acids is 1. The van der Waals surface area contributed by atoms with Crippen molar-refractivity contribution in [1.82, 2.24) is 9.88 Å². The van der Waals surface area contributed by atoms with Crippen LogP contribution in [0.3, 0.4) is 0 Å². The van der Waals surface area contributed by atoms with E-state index in [-0.39, 0.29) is 5.02 Å². The zero-order valence-electron chi connectivity index (χ0n) is 12.0. The molecule has 20 heavy (non-hydrogen) atoms. The molecule has 4 nitrogen and oxygen atoms in total. The maximum atomic E-state index is 11.9. The van der Waals surface area contributed by atoms with Crippen molar-refractivity contribution >= 4 is 17.6 Å². The molecule has 0 N–H and O–H groups in total. The van der Waals surface area contributed by atoms with Crippen LogP contribution in [0.25, 0.3) is 0 Å². The summed E-state index contributed by atoms with van der Waals surface area (Å²) < 4.78 is 5.22. The van der Waals surface area contributed by atoms with Gasteiger partial charge >= 0.3 is 5.97 Å². The Morgan fingerprint density at radius 3 is 2.80 bits per heavy atom. The minimum atomic E-state index is -0.484. The zero-order chi connectivity index (χ0) is 15.0. The number of esters is 1. The number of rotatable bonds is 5. The summed E-state index contributed by atoms with van der Waals surface area (Å²) in [6.07, 6.45) is 2.44. The summed E-state index contributed by atoms with van der Waals surface area (Å²) in [4.78, 5) is 17.9. The molecule has 1 aromatic heterocycles. The van der Waals surface area contributed by atoms with Crippen LogP contribution in [0.15, 0.2) is 18.5 Å². The predicted octanol–water partition coefficient (Wildman–Crippen LogP) is 2.63. The summed E-state index contributed by atoms with van der Waals surface area (Å²) in [5.74, 6) is 5.44. The number of aromatic nitrogens is 1. The van der Waals surface area contributed by atoms with E-state index in [0.29, 0.717) is 12.1 Å². The smallest absolute Gasteiger partial charge is 0.340 e. The Labute approximate surface area is 125 Å². The van der Waals surface area contributed by atoms with Crippen LogP contribution >= 0.6 is 11.6 Å². The molecule has 0 saturated heterocycles. The summed E-state index contributed by atoms with van der Waals surface area (Å²) in [5.41, 5.74) is 0.305. The van der Waals surface area contributed by atoms with Gasteiger partial charge in [0.15, 0.2) is 6.10 Å². The van der Waals surface area contributed by atoms with Gasteiger partial charge in [-0.05, 0) is 26.1 Å². The summed E-state index contributed by atoms with van der Waals surface area (Å²) >= 11 is 5.88. The van der Waals surface area contributed by atoms with E-state index >= 15 is 0 Å². The Morgan fingerprint density at radius 2 is 2.20 bits per heavy atom. The average Bonchev–Trinajstić information content (AvgIpc) is 2.44. The molecule has 0 radical (unpaired) electrons. The van der Waals surface area contributed by atoms with E-state index in [0.717, 1.165) is 13.1 Å². The molecule has 0 fully saturated rings. The molecule has 0 amide bonds. The second-order valence-electron chi connectivity index (χ2n) is 4.19. The molecule has 0 bridgehead atoms. The van der Waals surface area contributed by atoms with Crippen LogP contribution in [0.5, 0.6) is 0 Å². The maximum absolute atomic E-state index is 11.9. The number of pyridine rings is 1. The van der Waals surface area contributed by atoms with Crippen molar-refractivity contribution in [2.24, 2.45) is 0 Å². The summed E-state index contributed by atoms with van der Waals surface area (Å²) in [5, 5.41) is 0.279. The average molecular weight is 295 g/mol. The van der Waals surface area contributed by atoms with E-state index in [9.17, 15) is 4.79 Å². The van der Waals surface area contributed by atoms with Crippen molar-refractivity contribution in [3.63, 3.8) is 0 Å². The van der Waals surface area contributed by atoms with Crippen LogP contribution in [0.4, 0.5) is 0 Å². The third kappa shape index (κ3) is 5.20. The van der Waals surface area contributed by atoms with Crippen LogP contribution in [-0.2, 0) is 4.74 Å². The highest BCUT2D eigenvalue weighted by Crippen LogP contribution is 2.15. The highest BCUT2D eigenvalue weighted by Gasteiger charge is 2.13. The monoisotopic (exact) mass is 294 g/mol. The number of ether oxygens (including phenoxy) is 1. The van der Waals surface area contributed by atoms with Crippen LogP contribution in [0.2, 0.25) is 5.02 Å². The van der Waals surface area contributed by atoms with Crippen LogP contribution in [0, 0.1) is 11.8 Å². The highest BCUT2D eigenvalue weighted by atomic mass is 35.5. The lowest BCUT2D eigenvalue weighted by Crippen LogP contribution is -2.23. The first-order valence-corrected chi connectivity index (χ1v) is 6.97. The van der Waals surface area contributed by atoms with Gasteiger partial charge in [-0.25, -0.2) is 4.79 Å². The normalized spacial score (nSPS) is 11.7. The SMILES string of the molecule is CCN(CC)CC#C[C@@H](C)OC(=O)c1ccncc1Cl. The van der Waals surface area contributed by atoms with Crippen molar-refractivity contribution in [1.29, 1.82) is 0 Å². The molecule has 0 aliphatic carbocycles. The van der Waals surface area contributed by atoms with E-state index in [4.69, 9.17) is 16.3 Å². The fourth-order valence-electron chi connectivity index (χ4n) is 1.54. The van der Waals surface area contributed by atoms with Crippen molar-refractivity contribution in [3.05, 3.63) is 29.0 Å². The van der Waals surface area contributed by atoms with Gasteiger partial charge in [0.25, 0.3) is 0 Å². The summed E-state index contributed by atoms with van der Waals surface area (Å²) in [6.45, 7) is 8.48. The topological polar surface area (TPSA) is 42.4 Å². The Kier molecular flexibility index (Phi) is 7.06. The van der Waals surface area contributed by atoms with Crippen molar-refractivity contribution in [3.8, 4) is 11.8 Å². The fraction of sp³-hybridized carbons (Fsp3) is 0.467. The number of nitrogens with zero attached hydrogens (tertiary/aromatic N) is 2. The number of hydrogen-bond donors (Lipinski definition) is 0. The van der Waals surface area contributed by atoms with Gasteiger partial charge in [-0.2, -0.15) is 0 Å². The van der Waals surface area contributed by atoms with E-state index in [1.807, 2.05) is 0 Å². The highest BCUT2D eigenvalue weighted by molar-refractivity contribution is 6.33. The largest absolute Gasteiger partial charge is 0.446 e. The number of hydrogen-bond acceptors (Lipinski definition) is 4. The summed E-state index contributed by atoms with van der Waals surface area (Å²) in [6, 6.07) is 1.53. The van der Waals surface area contributed by atoms with Gasteiger partial charge in [0.1, 0.15) is 0 Å². The number of carbonyl (C=O) groups is 1. The molecular weight excluding hydrogens is 276 g/mol. The molecule has 0 unspecified atom stereocenters. The van der Waals surface area contributed by atoms with Gasteiger partial charge in [0.05, 0.1) is 17.1 Å². The third-order valence-electron chi connectivity index (χ3n) is 2.78. The Hall–Kier alpha value is -1.57. The van der Waals surface area contributed by atoms with Gasteiger partial charge < -0.3 is 4.74 Å². The number of halogens is 1. The Bertz CT molecular complexity index is 504. The molecular formula is C15H19ClN2O2. The van der Waals surface area contributed by atoms with Crippen LogP contribution in [0.1, 0.15) is 31.1 Å². The van der Waals surface area contributed by atoms with Gasteiger partial charge in [-0.15, -0.1) is 0 Å². The molecule has 5 heteroatoms. The summed E-state index contributed by atoms with van der Waals surface area (Å²) in [7, 11) is 0. The van der Waals surface area contributed by atoms with Gasteiger partial charge in [0.2, 0.25) is 0 Å². The lowest BCUT2D eigenvalue weighted by Gasteiger charge is -2.13. The predicted molar refractivity (Wildman–Crippen MR) is 79.7 cm³/mol. The molecule has 0 saturated carbocycles. The first-order valence-electron chi connectivity index (χ1n) is 6.59. The zero-order valence-corrected chi connectivity index (χ0v) is 12.8. The van der Waals surface area contributed by atoms with Crippen LogP contribution in [-0.4, -0.2) is 41.6 Å². The minimum Gasteiger partial charge on any atom is -0.446 e. The fourth-order valence-corrected chi connectivity index (χ4v) is 1.74. The quantitative estimate of drug-likeness (QED) is 0.618. The second-order valence-corrected chi connectivity index (χ2v) is 4.59. The van der Waals surface area contributed by atoms with Crippen molar-refractivity contribution < 1.29 is 9.53 Å². The van der Waals surface area contributed by atoms with Crippen molar-refractivity contribution in [2.75, 3.05) is 19.6 Å². The molecule has 1 atom stereocenters. The molecule has 0 aliphatic heterocycles. The molecule has 1 heterocycles. The molecule has 108 valence electrons. The molecule has 0 aromatic carbocycles. The molecule has 0 aliphatic rings. The van der Waals surface area contributed by atoms with Crippen molar-refractivity contribution in [2.45, 2.75) is 26.9 Å². The lowest BCUT2D eigenvalue weighted by molar-refractivity contribution is 0.0438. The minimum absolute atomic E-state index is 0.279. The van der Waals surface area contributed by atoms with E-state index in [1.54, 1.807) is 6.92 Å². The van der Waals surface area contributed by atoms with Gasteiger partial charge in [-0.1, -0.05) is 37.3 Å². The molecule has 0 spiro atoms. The van der Waals surface area contributed by atoms with Crippen LogP contribution < -0.4 is 0 Å².